The molecule has 0 bridgehead atoms. The normalized spacial score (nSPS) is 12.2. The number of nitrogens with zero attached hydrogens (tertiary/aromatic N) is 1. The van der Waals surface area contributed by atoms with Gasteiger partial charge < -0.3 is 10.1 Å². The minimum absolute atomic E-state index is 0.249. The first-order valence-electron chi connectivity index (χ1n) is 4.08. The van der Waals surface area contributed by atoms with Gasteiger partial charge in [-0.25, -0.2) is 4.98 Å². The predicted octanol–water partition coefficient (Wildman–Crippen LogP) is 2.48. The summed E-state index contributed by atoms with van der Waals surface area (Å²) in [6.45, 7) is 1.62. The number of hydrogen-bond donors (Lipinski definition) is 2. The quantitative estimate of drug-likeness (QED) is 0.652. The molecule has 2 aromatic rings. The Kier molecular flexibility index (Phi) is 1.77. The van der Waals surface area contributed by atoms with Gasteiger partial charge in [-0.3, -0.25) is 0 Å². The summed E-state index contributed by atoms with van der Waals surface area (Å²) in [6, 6.07) is 7.75. The highest BCUT2D eigenvalue weighted by atomic mass is 16.3. The maximum atomic E-state index is 9.03. The number of fused-ring (bicyclic) bond motifs is 1. The third-order valence-electron chi connectivity index (χ3n) is 1.75. The molecule has 13 heavy (non-hydrogen) atoms. The molecule has 3 heteroatoms. The third kappa shape index (κ3) is 1.54. The molecule has 0 atom stereocenters. The molecular weight excluding hydrogens is 164 g/mol. The number of benzene rings is 1. The van der Waals surface area contributed by atoms with E-state index in [4.69, 9.17) is 5.11 Å². The highest BCUT2D eigenvalue weighted by Crippen LogP contribution is 2.11. The average molecular weight is 174 g/mol. The molecule has 2 N–H and O–H groups in total. The molecule has 0 amide bonds. The summed E-state index contributed by atoms with van der Waals surface area (Å²) >= 11 is 0. The van der Waals surface area contributed by atoms with Crippen LogP contribution in [0.2, 0.25) is 0 Å². The zero-order chi connectivity index (χ0) is 9.26. The number of para-hydroxylation sites is 2. The maximum absolute atomic E-state index is 9.03. The monoisotopic (exact) mass is 174 g/mol. The van der Waals surface area contributed by atoms with E-state index in [-0.39, 0.29) is 5.76 Å². The first-order chi connectivity index (χ1) is 6.25. The molecule has 0 radical (unpaired) electrons. The van der Waals surface area contributed by atoms with Gasteiger partial charge in [0, 0.05) is 6.08 Å². The van der Waals surface area contributed by atoms with Crippen LogP contribution in [-0.2, 0) is 0 Å². The van der Waals surface area contributed by atoms with Crippen molar-refractivity contribution in [1.82, 2.24) is 9.97 Å². The zero-order valence-electron chi connectivity index (χ0n) is 7.28. The number of aromatic nitrogens is 2. The number of aliphatic hydroxyl groups excluding tert-OH is 1. The minimum atomic E-state index is 0.249. The first kappa shape index (κ1) is 7.86. The van der Waals surface area contributed by atoms with E-state index in [1.54, 1.807) is 13.0 Å². The van der Waals surface area contributed by atoms with Crippen LogP contribution in [0.15, 0.2) is 30.0 Å². The Morgan fingerprint density at radius 3 is 2.92 bits per heavy atom. The van der Waals surface area contributed by atoms with Crippen LogP contribution in [0.4, 0.5) is 0 Å². The predicted molar refractivity (Wildman–Crippen MR) is 52.4 cm³/mol. The Labute approximate surface area is 75.7 Å². The van der Waals surface area contributed by atoms with Crippen molar-refractivity contribution in [2.45, 2.75) is 6.92 Å². The van der Waals surface area contributed by atoms with Gasteiger partial charge in [0.25, 0.3) is 0 Å². The van der Waals surface area contributed by atoms with E-state index in [0.717, 1.165) is 11.0 Å². The van der Waals surface area contributed by atoms with Crippen LogP contribution in [0.3, 0.4) is 0 Å². The molecule has 1 aromatic carbocycles. The summed E-state index contributed by atoms with van der Waals surface area (Å²) in [7, 11) is 0. The molecule has 3 nitrogen and oxygen atoms in total. The molecule has 0 aliphatic heterocycles. The smallest absolute Gasteiger partial charge is 0.134 e. The fraction of sp³-hybridized carbons (Fsp3) is 0.100. The fourth-order valence-corrected chi connectivity index (χ4v) is 1.24. The number of nitrogens with one attached hydrogen (secondary N) is 1. The summed E-state index contributed by atoms with van der Waals surface area (Å²) in [5.74, 6) is 0.931. The van der Waals surface area contributed by atoms with Crippen molar-refractivity contribution in [2.24, 2.45) is 0 Å². The molecule has 2 rings (SSSR count). The first-order valence-corrected chi connectivity index (χ1v) is 4.08. The van der Waals surface area contributed by atoms with E-state index in [1.807, 2.05) is 24.3 Å². The van der Waals surface area contributed by atoms with Gasteiger partial charge in [0.05, 0.1) is 16.8 Å². The molecule has 1 heterocycles. The second kappa shape index (κ2) is 2.94. The van der Waals surface area contributed by atoms with Crippen molar-refractivity contribution in [3.8, 4) is 0 Å². The van der Waals surface area contributed by atoms with E-state index in [1.165, 1.54) is 0 Å². The number of aliphatic hydroxyl groups is 1. The van der Waals surface area contributed by atoms with Crippen molar-refractivity contribution in [3.63, 3.8) is 0 Å². The van der Waals surface area contributed by atoms with Crippen LogP contribution in [0, 0.1) is 0 Å². The Bertz CT molecular complexity index is 420. The lowest BCUT2D eigenvalue weighted by molar-refractivity contribution is 0.419. The van der Waals surface area contributed by atoms with E-state index in [9.17, 15) is 0 Å². The number of H-pyrrole nitrogens is 1. The van der Waals surface area contributed by atoms with Crippen LogP contribution in [0.1, 0.15) is 12.7 Å². The number of hydrogen-bond acceptors (Lipinski definition) is 2. The second-order valence-electron chi connectivity index (χ2n) is 2.92. The van der Waals surface area contributed by atoms with Crippen molar-refractivity contribution in [1.29, 1.82) is 0 Å². The summed E-state index contributed by atoms with van der Waals surface area (Å²) in [4.78, 5) is 7.34. The summed E-state index contributed by atoms with van der Waals surface area (Å²) < 4.78 is 0. The molecule has 0 aliphatic rings. The van der Waals surface area contributed by atoms with Gasteiger partial charge in [0.2, 0.25) is 0 Å². The van der Waals surface area contributed by atoms with E-state index in [2.05, 4.69) is 9.97 Å². The largest absolute Gasteiger partial charge is 0.512 e. The van der Waals surface area contributed by atoms with Gasteiger partial charge in [-0.05, 0) is 19.1 Å². The van der Waals surface area contributed by atoms with Crippen LogP contribution in [0.5, 0.6) is 0 Å². The van der Waals surface area contributed by atoms with Crippen LogP contribution in [0.25, 0.3) is 17.1 Å². The number of rotatable bonds is 1. The molecule has 0 saturated carbocycles. The summed E-state index contributed by atoms with van der Waals surface area (Å²) in [6.07, 6.45) is 1.60. The van der Waals surface area contributed by atoms with Crippen molar-refractivity contribution in [3.05, 3.63) is 35.8 Å². The van der Waals surface area contributed by atoms with E-state index >= 15 is 0 Å². The third-order valence-corrected chi connectivity index (χ3v) is 1.75. The van der Waals surface area contributed by atoms with Crippen molar-refractivity contribution in [2.75, 3.05) is 0 Å². The molecular formula is C10H10N2O. The lowest BCUT2D eigenvalue weighted by Crippen LogP contribution is -1.76. The number of imidazole rings is 1. The van der Waals surface area contributed by atoms with E-state index in [0.29, 0.717) is 5.82 Å². The van der Waals surface area contributed by atoms with Gasteiger partial charge in [-0.1, -0.05) is 12.1 Å². The molecule has 0 fully saturated rings. The van der Waals surface area contributed by atoms with Gasteiger partial charge in [-0.2, -0.15) is 0 Å². The Morgan fingerprint density at radius 1 is 1.46 bits per heavy atom. The highest BCUT2D eigenvalue weighted by molar-refractivity contribution is 5.76. The van der Waals surface area contributed by atoms with Crippen LogP contribution >= 0.6 is 0 Å². The lowest BCUT2D eigenvalue weighted by atomic mass is 10.3. The molecule has 1 aromatic heterocycles. The van der Waals surface area contributed by atoms with E-state index < -0.39 is 0 Å². The SMILES string of the molecule is C/C(O)=C\c1nc2ccccc2[nH]1. The average Bonchev–Trinajstić information content (AvgIpc) is 2.44. The molecule has 66 valence electrons. The Balaban J connectivity index is 2.56. The second-order valence-corrected chi connectivity index (χ2v) is 2.92. The van der Waals surface area contributed by atoms with Gasteiger partial charge >= 0.3 is 0 Å². The Hall–Kier alpha value is -1.77. The van der Waals surface area contributed by atoms with Crippen molar-refractivity contribution < 1.29 is 5.11 Å². The summed E-state index contributed by atoms with van der Waals surface area (Å²) in [5.41, 5.74) is 1.89. The van der Waals surface area contributed by atoms with Crippen molar-refractivity contribution >= 4 is 17.1 Å². The van der Waals surface area contributed by atoms with Gasteiger partial charge in [0.15, 0.2) is 0 Å². The minimum Gasteiger partial charge on any atom is -0.512 e. The maximum Gasteiger partial charge on any atom is 0.134 e. The van der Waals surface area contributed by atoms with Gasteiger partial charge in [0.1, 0.15) is 5.82 Å². The zero-order valence-corrected chi connectivity index (χ0v) is 7.28. The molecule has 0 spiro atoms. The van der Waals surface area contributed by atoms with Crippen LogP contribution in [-0.4, -0.2) is 15.1 Å². The molecule has 0 unspecified atom stereocenters. The number of aromatic amines is 1. The Morgan fingerprint density at radius 2 is 2.23 bits per heavy atom. The lowest BCUT2D eigenvalue weighted by Gasteiger charge is -1.84. The molecule has 0 aliphatic carbocycles. The number of allylic oxidation sites excluding steroid dienone is 1. The highest BCUT2D eigenvalue weighted by Gasteiger charge is 1.98. The summed E-state index contributed by atoms with van der Waals surface area (Å²) in [5, 5.41) is 9.03. The molecule has 0 saturated heterocycles. The fourth-order valence-electron chi connectivity index (χ4n) is 1.24. The van der Waals surface area contributed by atoms with Gasteiger partial charge in [-0.15, -0.1) is 0 Å². The standard InChI is InChI=1S/C10H10N2O/c1-7(13)6-10-11-8-4-2-3-5-9(8)12-10/h2-6,13H,1H3,(H,11,12)/b7-6+. The van der Waals surface area contributed by atoms with Crippen LogP contribution < -0.4 is 0 Å². The topological polar surface area (TPSA) is 48.9 Å².